The van der Waals surface area contributed by atoms with E-state index in [2.05, 4.69) is 25.2 Å². The highest BCUT2D eigenvalue weighted by atomic mass is 14.9. The molecule has 2 nitrogen and oxygen atoms in total. The number of hydrogen-bond acceptors (Lipinski definition) is 2. The van der Waals surface area contributed by atoms with Gasteiger partial charge in [-0.05, 0) is 24.5 Å². The summed E-state index contributed by atoms with van der Waals surface area (Å²) in [6.45, 7) is 5.36. The number of rotatable bonds is 7. The van der Waals surface area contributed by atoms with Crippen molar-refractivity contribution >= 4 is 5.69 Å². The van der Waals surface area contributed by atoms with Crippen LogP contribution < -0.4 is 11.1 Å². The molecule has 0 fully saturated rings. The fourth-order valence-corrected chi connectivity index (χ4v) is 1.99. The van der Waals surface area contributed by atoms with E-state index in [1.807, 2.05) is 18.2 Å². The molecule has 16 heavy (non-hydrogen) atoms. The zero-order valence-corrected chi connectivity index (χ0v) is 10.5. The Morgan fingerprint density at radius 2 is 1.75 bits per heavy atom. The second-order valence-electron chi connectivity index (χ2n) is 4.35. The lowest BCUT2D eigenvalue weighted by atomic mass is 10.1. The summed E-state index contributed by atoms with van der Waals surface area (Å²) in [7, 11) is 0. The average molecular weight is 220 g/mol. The van der Waals surface area contributed by atoms with Crippen LogP contribution in [0.3, 0.4) is 0 Å². The Labute approximate surface area is 99.2 Å². The molecular weight excluding hydrogens is 196 g/mol. The van der Waals surface area contributed by atoms with Crippen LogP contribution in [0, 0.1) is 0 Å². The Kier molecular flexibility index (Phi) is 5.94. The third-order valence-electron chi connectivity index (χ3n) is 2.91. The van der Waals surface area contributed by atoms with Gasteiger partial charge in [-0.15, -0.1) is 0 Å². The van der Waals surface area contributed by atoms with Crippen LogP contribution in [0.4, 0.5) is 5.69 Å². The van der Waals surface area contributed by atoms with Gasteiger partial charge in [0.15, 0.2) is 0 Å². The number of nitrogens with one attached hydrogen (secondary N) is 1. The highest BCUT2D eigenvalue weighted by Crippen LogP contribution is 2.12. The van der Waals surface area contributed by atoms with Crippen LogP contribution in [0.2, 0.25) is 0 Å². The Morgan fingerprint density at radius 3 is 2.31 bits per heavy atom. The maximum atomic E-state index is 5.91. The number of benzene rings is 1. The molecule has 0 aliphatic rings. The van der Waals surface area contributed by atoms with Crippen LogP contribution in [0.15, 0.2) is 24.3 Å². The molecule has 0 bridgehead atoms. The second-order valence-corrected chi connectivity index (χ2v) is 4.35. The van der Waals surface area contributed by atoms with Crippen LogP contribution in [0.1, 0.15) is 45.1 Å². The Hall–Kier alpha value is -1.02. The van der Waals surface area contributed by atoms with Crippen LogP contribution in [-0.4, -0.2) is 6.04 Å². The normalized spacial score (nSPS) is 10.9. The smallest absolute Gasteiger partial charge is 0.0359 e. The summed E-state index contributed by atoms with van der Waals surface area (Å²) in [6, 6.07) is 8.72. The van der Waals surface area contributed by atoms with Gasteiger partial charge in [-0.25, -0.2) is 0 Å². The molecule has 1 aromatic carbocycles. The topological polar surface area (TPSA) is 38.0 Å². The van der Waals surface area contributed by atoms with E-state index in [9.17, 15) is 0 Å². The van der Waals surface area contributed by atoms with Crippen molar-refractivity contribution in [2.24, 2.45) is 0 Å². The number of nitrogens with two attached hydrogens (primary N) is 1. The summed E-state index contributed by atoms with van der Waals surface area (Å²) in [5.74, 6) is 0. The first-order chi connectivity index (χ1) is 7.77. The Morgan fingerprint density at radius 1 is 1.12 bits per heavy atom. The molecule has 0 aliphatic carbocycles. The predicted octanol–water partition coefficient (Wildman–Crippen LogP) is 3.33. The molecule has 0 saturated carbocycles. The summed E-state index contributed by atoms with van der Waals surface area (Å²) in [5.41, 5.74) is 8.01. The van der Waals surface area contributed by atoms with E-state index in [-0.39, 0.29) is 0 Å². The summed E-state index contributed by atoms with van der Waals surface area (Å²) in [6.07, 6.45) is 4.98. The van der Waals surface area contributed by atoms with E-state index < -0.39 is 0 Å². The largest absolute Gasteiger partial charge is 0.398 e. The van der Waals surface area contributed by atoms with Gasteiger partial charge in [0, 0.05) is 18.3 Å². The summed E-state index contributed by atoms with van der Waals surface area (Å²) in [4.78, 5) is 0. The first kappa shape index (κ1) is 13.0. The molecule has 0 heterocycles. The molecule has 0 spiro atoms. The van der Waals surface area contributed by atoms with Crippen LogP contribution in [0.25, 0.3) is 0 Å². The SMILES string of the molecule is CCCC(CCC)NCc1ccccc1N. The van der Waals surface area contributed by atoms with E-state index in [4.69, 9.17) is 5.73 Å². The Bertz CT molecular complexity index is 291. The van der Waals surface area contributed by atoms with Crippen LogP contribution in [-0.2, 0) is 6.54 Å². The first-order valence-corrected chi connectivity index (χ1v) is 6.34. The lowest BCUT2D eigenvalue weighted by Crippen LogP contribution is -2.28. The van der Waals surface area contributed by atoms with E-state index in [1.165, 1.54) is 31.2 Å². The molecule has 2 heteroatoms. The van der Waals surface area contributed by atoms with E-state index in [0.717, 1.165) is 12.2 Å². The zero-order chi connectivity index (χ0) is 11.8. The Balaban J connectivity index is 2.45. The second kappa shape index (κ2) is 7.29. The number of hydrogen-bond donors (Lipinski definition) is 2. The standard InChI is InChI=1S/C14H24N2/c1-3-7-13(8-4-2)16-11-12-9-5-6-10-14(12)15/h5-6,9-10,13,16H,3-4,7-8,11,15H2,1-2H3. The molecule has 0 saturated heterocycles. The molecule has 0 atom stereocenters. The monoisotopic (exact) mass is 220 g/mol. The molecular formula is C14H24N2. The van der Waals surface area contributed by atoms with Crippen LogP contribution in [0.5, 0.6) is 0 Å². The van der Waals surface area contributed by atoms with E-state index in [1.54, 1.807) is 0 Å². The van der Waals surface area contributed by atoms with Crippen molar-refractivity contribution in [1.29, 1.82) is 0 Å². The maximum Gasteiger partial charge on any atom is 0.0359 e. The summed E-state index contributed by atoms with van der Waals surface area (Å²) < 4.78 is 0. The highest BCUT2D eigenvalue weighted by Gasteiger charge is 2.06. The van der Waals surface area contributed by atoms with Gasteiger partial charge >= 0.3 is 0 Å². The molecule has 1 aromatic rings. The number of para-hydroxylation sites is 1. The van der Waals surface area contributed by atoms with E-state index >= 15 is 0 Å². The molecule has 0 radical (unpaired) electrons. The minimum Gasteiger partial charge on any atom is -0.398 e. The number of anilines is 1. The molecule has 0 amide bonds. The van der Waals surface area contributed by atoms with Gasteiger partial charge in [0.1, 0.15) is 0 Å². The van der Waals surface area contributed by atoms with Gasteiger partial charge < -0.3 is 11.1 Å². The van der Waals surface area contributed by atoms with Gasteiger partial charge in [0.2, 0.25) is 0 Å². The minimum absolute atomic E-state index is 0.634. The van der Waals surface area contributed by atoms with Gasteiger partial charge in [-0.1, -0.05) is 44.9 Å². The molecule has 90 valence electrons. The van der Waals surface area contributed by atoms with Crippen molar-refractivity contribution in [2.75, 3.05) is 5.73 Å². The summed E-state index contributed by atoms with van der Waals surface area (Å²) >= 11 is 0. The van der Waals surface area contributed by atoms with Gasteiger partial charge in [-0.2, -0.15) is 0 Å². The van der Waals surface area contributed by atoms with Crippen molar-refractivity contribution < 1.29 is 0 Å². The first-order valence-electron chi connectivity index (χ1n) is 6.34. The van der Waals surface area contributed by atoms with E-state index in [0.29, 0.717) is 6.04 Å². The predicted molar refractivity (Wildman–Crippen MR) is 71.3 cm³/mol. The molecule has 3 N–H and O–H groups in total. The van der Waals surface area contributed by atoms with Crippen molar-refractivity contribution in [2.45, 2.75) is 52.1 Å². The average Bonchev–Trinajstić information content (AvgIpc) is 2.28. The molecule has 0 aromatic heterocycles. The maximum absolute atomic E-state index is 5.91. The highest BCUT2D eigenvalue weighted by molar-refractivity contribution is 5.46. The quantitative estimate of drug-likeness (QED) is 0.692. The van der Waals surface area contributed by atoms with Gasteiger partial charge in [0.25, 0.3) is 0 Å². The van der Waals surface area contributed by atoms with Crippen molar-refractivity contribution in [3.63, 3.8) is 0 Å². The third kappa shape index (κ3) is 4.23. The lowest BCUT2D eigenvalue weighted by Gasteiger charge is -2.18. The fraction of sp³-hybridized carbons (Fsp3) is 0.571. The van der Waals surface area contributed by atoms with Crippen molar-refractivity contribution in [1.82, 2.24) is 5.32 Å². The van der Waals surface area contributed by atoms with Crippen molar-refractivity contribution in [3.05, 3.63) is 29.8 Å². The van der Waals surface area contributed by atoms with Gasteiger partial charge in [-0.3, -0.25) is 0 Å². The number of nitrogen functional groups attached to an aromatic ring is 1. The lowest BCUT2D eigenvalue weighted by molar-refractivity contribution is 0.443. The third-order valence-corrected chi connectivity index (χ3v) is 2.91. The van der Waals surface area contributed by atoms with Crippen LogP contribution >= 0.6 is 0 Å². The fourth-order valence-electron chi connectivity index (χ4n) is 1.99. The molecule has 0 aliphatic heterocycles. The molecule has 1 rings (SSSR count). The zero-order valence-electron chi connectivity index (χ0n) is 10.5. The minimum atomic E-state index is 0.634. The van der Waals surface area contributed by atoms with Gasteiger partial charge in [0.05, 0.1) is 0 Å². The van der Waals surface area contributed by atoms with Crippen molar-refractivity contribution in [3.8, 4) is 0 Å². The molecule has 0 unspecified atom stereocenters. The summed E-state index contributed by atoms with van der Waals surface area (Å²) in [5, 5.41) is 3.60.